The van der Waals surface area contributed by atoms with E-state index in [1.165, 1.54) is 18.4 Å². The van der Waals surface area contributed by atoms with E-state index in [1.54, 1.807) is 6.07 Å². The SMILES string of the molecule is CCN(CC)C1CCN(c2cc(NC3=NCC(C4CC4)=C3)nc(Oc3ccc4c(c3F)C=C(C)C4)n2)C1. The van der Waals surface area contributed by atoms with Crippen LogP contribution in [0.25, 0.3) is 6.08 Å². The zero-order chi connectivity index (χ0) is 25.5. The number of halogens is 1. The second-order valence-electron chi connectivity index (χ2n) is 10.5. The lowest BCUT2D eigenvalue weighted by Crippen LogP contribution is -2.37. The summed E-state index contributed by atoms with van der Waals surface area (Å²) >= 11 is 0. The second-order valence-corrected chi connectivity index (χ2v) is 10.5. The highest BCUT2D eigenvalue weighted by atomic mass is 19.1. The second kappa shape index (κ2) is 9.89. The van der Waals surface area contributed by atoms with Crippen molar-refractivity contribution in [1.82, 2.24) is 14.9 Å². The van der Waals surface area contributed by atoms with Crippen LogP contribution in [0.2, 0.25) is 0 Å². The molecule has 2 fully saturated rings. The molecular weight excluding hydrogens is 467 g/mol. The van der Waals surface area contributed by atoms with E-state index in [0.29, 0.717) is 23.3 Å². The fraction of sp³-hybridized carbons (Fsp3) is 0.483. The molecule has 1 saturated heterocycles. The number of amidine groups is 1. The van der Waals surface area contributed by atoms with Gasteiger partial charge in [-0.1, -0.05) is 31.6 Å². The monoisotopic (exact) mass is 502 g/mol. The van der Waals surface area contributed by atoms with E-state index in [2.05, 4.69) is 45.0 Å². The summed E-state index contributed by atoms with van der Waals surface area (Å²) in [5, 5.41) is 3.36. The Hall–Kier alpha value is -3.26. The lowest BCUT2D eigenvalue weighted by Gasteiger charge is -2.26. The summed E-state index contributed by atoms with van der Waals surface area (Å²) in [4.78, 5) is 18.8. The zero-order valence-electron chi connectivity index (χ0n) is 21.9. The number of anilines is 2. The molecule has 1 saturated carbocycles. The van der Waals surface area contributed by atoms with Gasteiger partial charge in [0.2, 0.25) is 0 Å². The number of nitrogens with one attached hydrogen (secondary N) is 1. The van der Waals surface area contributed by atoms with Gasteiger partial charge in [-0.15, -0.1) is 0 Å². The minimum atomic E-state index is -0.363. The van der Waals surface area contributed by atoms with Gasteiger partial charge in [-0.05, 0) is 74.9 Å². The van der Waals surface area contributed by atoms with Crippen LogP contribution in [0.4, 0.5) is 16.0 Å². The molecule has 0 radical (unpaired) electrons. The largest absolute Gasteiger partial charge is 0.421 e. The van der Waals surface area contributed by atoms with Crippen molar-refractivity contribution in [3.05, 3.63) is 52.4 Å². The molecule has 1 N–H and O–H groups in total. The molecule has 1 unspecified atom stereocenters. The van der Waals surface area contributed by atoms with Gasteiger partial charge in [0.15, 0.2) is 11.6 Å². The molecule has 194 valence electrons. The topological polar surface area (TPSA) is 65.9 Å². The Balaban J connectivity index is 1.29. The van der Waals surface area contributed by atoms with Crippen LogP contribution in [-0.2, 0) is 6.42 Å². The molecule has 1 aromatic heterocycles. The molecule has 4 aliphatic rings. The third-order valence-corrected chi connectivity index (χ3v) is 7.92. The summed E-state index contributed by atoms with van der Waals surface area (Å²) < 4.78 is 21.3. The first-order valence-corrected chi connectivity index (χ1v) is 13.6. The van der Waals surface area contributed by atoms with E-state index in [9.17, 15) is 0 Å². The predicted molar refractivity (Wildman–Crippen MR) is 146 cm³/mol. The highest BCUT2D eigenvalue weighted by Gasteiger charge is 2.30. The molecule has 2 aromatic rings. The van der Waals surface area contributed by atoms with Gasteiger partial charge in [-0.25, -0.2) is 4.39 Å². The average molecular weight is 503 g/mol. The smallest absolute Gasteiger partial charge is 0.326 e. The fourth-order valence-corrected chi connectivity index (χ4v) is 5.72. The van der Waals surface area contributed by atoms with Crippen LogP contribution >= 0.6 is 0 Å². The number of ether oxygens (including phenoxy) is 1. The Bertz CT molecular complexity index is 1290. The quantitative estimate of drug-likeness (QED) is 0.518. The summed E-state index contributed by atoms with van der Waals surface area (Å²) in [5.41, 5.74) is 4.11. The minimum Gasteiger partial charge on any atom is -0.421 e. The third kappa shape index (κ3) is 4.99. The van der Waals surface area contributed by atoms with Gasteiger partial charge in [-0.2, -0.15) is 9.97 Å². The predicted octanol–water partition coefficient (Wildman–Crippen LogP) is 5.45. The van der Waals surface area contributed by atoms with E-state index >= 15 is 4.39 Å². The van der Waals surface area contributed by atoms with Crippen molar-refractivity contribution in [1.29, 1.82) is 0 Å². The third-order valence-electron chi connectivity index (χ3n) is 7.92. The zero-order valence-corrected chi connectivity index (χ0v) is 21.9. The van der Waals surface area contributed by atoms with Crippen molar-refractivity contribution in [3.63, 3.8) is 0 Å². The Labute approximate surface area is 218 Å². The number of benzene rings is 1. The highest BCUT2D eigenvalue weighted by molar-refractivity contribution is 6.05. The van der Waals surface area contributed by atoms with Crippen molar-refractivity contribution in [2.75, 3.05) is 42.9 Å². The van der Waals surface area contributed by atoms with Crippen LogP contribution in [0.5, 0.6) is 11.8 Å². The van der Waals surface area contributed by atoms with E-state index in [0.717, 1.165) is 68.4 Å². The summed E-state index contributed by atoms with van der Waals surface area (Å²) in [6.07, 6.45) is 8.40. The molecule has 2 aliphatic carbocycles. The number of fused-ring (bicyclic) bond motifs is 1. The van der Waals surface area contributed by atoms with Crippen LogP contribution in [0.15, 0.2) is 40.4 Å². The Morgan fingerprint density at radius 2 is 1.97 bits per heavy atom. The van der Waals surface area contributed by atoms with Crippen molar-refractivity contribution >= 4 is 23.5 Å². The van der Waals surface area contributed by atoms with E-state index in [4.69, 9.17) is 9.72 Å². The lowest BCUT2D eigenvalue weighted by atomic mass is 10.1. The summed E-state index contributed by atoms with van der Waals surface area (Å²) in [6, 6.07) is 6.18. The molecule has 0 spiro atoms. The van der Waals surface area contributed by atoms with Gasteiger partial charge in [0.1, 0.15) is 17.5 Å². The molecule has 1 atom stereocenters. The molecule has 8 heteroatoms. The van der Waals surface area contributed by atoms with Crippen LogP contribution in [0, 0.1) is 11.7 Å². The number of allylic oxidation sites excluding steroid dienone is 1. The van der Waals surface area contributed by atoms with Crippen molar-refractivity contribution in [2.45, 2.75) is 52.5 Å². The number of hydrogen-bond donors (Lipinski definition) is 1. The molecule has 6 rings (SSSR count). The highest BCUT2D eigenvalue weighted by Crippen LogP contribution is 2.38. The lowest BCUT2D eigenvalue weighted by molar-refractivity contribution is 0.232. The van der Waals surface area contributed by atoms with Gasteiger partial charge in [0.25, 0.3) is 0 Å². The van der Waals surface area contributed by atoms with Gasteiger partial charge in [0.05, 0.1) is 6.54 Å². The molecule has 7 nitrogen and oxygen atoms in total. The Kier molecular flexibility index (Phi) is 6.44. The standard InChI is InChI=1S/C29H35FN6O/c1-4-35(5-2)22-10-11-36(17-22)27-15-26(32-25-14-21(16-31-25)19-6-7-19)33-29(34-27)37-24-9-8-20-12-18(3)13-23(20)28(24)30/h8-9,13-15,19,22H,4-7,10-12,16-17H2,1-3H3,(H,31,32,33,34). The summed E-state index contributed by atoms with van der Waals surface area (Å²) in [6.45, 7) is 11.0. The fourth-order valence-electron chi connectivity index (χ4n) is 5.72. The Morgan fingerprint density at radius 3 is 2.76 bits per heavy atom. The van der Waals surface area contributed by atoms with Crippen LogP contribution < -0.4 is 15.0 Å². The number of hydrogen-bond acceptors (Lipinski definition) is 7. The van der Waals surface area contributed by atoms with Gasteiger partial charge in [-0.3, -0.25) is 9.89 Å². The van der Waals surface area contributed by atoms with Gasteiger partial charge < -0.3 is 15.0 Å². The average Bonchev–Trinajstić information content (AvgIpc) is 3.25. The summed E-state index contributed by atoms with van der Waals surface area (Å²) in [7, 11) is 0. The maximum Gasteiger partial charge on any atom is 0.326 e. The van der Waals surface area contributed by atoms with E-state index in [-0.39, 0.29) is 17.6 Å². The molecule has 37 heavy (non-hydrogen) atoms. The minimum absolute atomic E-state index is 0.133. The maximum atomic E-state index is 15.3. The number of aromatic nitrogens is 2. The van der Waals surface area contributed by atoms with E-state index < -0.39 is 0 Å². The van der Waals surface area contributed by atoms with Crippen LogP contribution in [0.1, 0.15) is 51.2 Å². The van der Waals surface area contributed by atoms with Crippen molar-refractivity contribution in [2.24, 2.45) is 10.9 Å². The summed E-state index contributed by atoms with van der Waals surface area (Å²) in [5.74, 6) is 2.66. The molecule has 0 amide bonds. The first kappa shape index (κ1) is 24.1. The molecule has 3 heterocycles. The molecule has 1 aromatic carbocycles. The van der Waals surface area contributed by atoms with Crippen LogP contribution in [0.3, 0.4) is 0 Å². The molecule has 0 bridgehead atoms. The maximum absolute atomic E-state index is 15.3. The molecular formula is C29H35FN6O. The van der Waals surface area contributed by atoms with E-state index in [1.807, 2.05) is 25.1 Å². The van der Waals surface area contributed by atoms with Gasteiger partial charge >= 0.3 is 6.01 Å². The Morgan fingerprint density at radius 1 is 1.14 bits per heavy atom. The number of aliphatic imine (C=N–C) groups is 1. The van der Waals surface area contributed by atoms with Gasteiger partial charge in [0, 0.05) is 30.8 Å². The number of rotatable bonds is 8. The molecule has 2 aliphatic heterocycles. The number of nitrogens with zero attached hydrogens (tertiary/aromatic N) is 5. The first-order chi connectivity index (χ1) is 18.0. The van der Waals surface area contributed by atoms with Crippen LogP contribution in [-0.4, -0.2) is 59.5 Å². The normalized spacial score (nSPS) is 20.7. The van der Waals surface area contributed by atoms with Crippen molar-refractivity contribution < 1.29 is 9.13 Å². The van der Waals surface area contributed by atoms with Crippen molar-refractivity contribution in [3.8, 4) is 11.8 Å². The first-order valence-electron chi connectivity index (χ1n) is 13.6. The number of likely N-dealkylation sites (N-methyl/N-ethyl adjacent to an activating group) is 1.